The van der Waals surface area contributed by atoms with Crippen LogP contribution in [-0.2, 0) is 0 Å². The fourth-order valence-corrected chi connectivity index (χ4v) is 3.70. The first kappa shape index (κ1) is 12.6. The molecule has 0 aliphatic carbocycles. The van der Waals surface area contributed by atoms with Crippen molar-refractivity contribution in [2.45, 2.75) is 30.6 Å². The predicted octanol–water partition coefficient (Wildman–Crippen LogP) is 4.31. The molecule has 16 heavy (non-hydrogen) atoms. The summed E-state index contributed by atoms with van der Waals surface area (Å²) in [6, 6.07) is 5.26. The Hall–Kier alpha value is 0.110. The highest BCUT2D eigenvalue weighted by Gasteiger charge is 2.25. The fraction of sp³-hybridized carbons (Fsp3) is 0.500. The summed E-state index contributed by atoms with van der Waals surface area (Å²) >= 11 is 13.8. The second-order valence-electron chi connectivity index (χ2n) is 4.02. The lowest BCUT2D eigenvalue weighted by molar-refractivity contribution is 0.169. The summed E-state index contributed by atoms with van der Waals surface area (Å²) in [5.74, 6) is 1.12. The molecule has 1 aliphatic heterocycles. The van der Waals surface area contributed by atoms with Gasteiger partial charge in [-0.1, -0.05) is 29.6 Å². The topological polar surface area (TPSA) is 20.2 Å². The Morgan fingerprint density at radius 3 is 2.81 bits per heavy atom. The SMILES string of the molecule is OC(c1cc(Cl)ccc1Cl)C1CCCCS1. The largest absolute Gasteiger partial charge is 0.387 e. The van der Waals surface area contributed by atoms with Crippen molar-refractivity contribution in [3.05, 3.63) is 33.8 Å². The maximum atomic E-state index is 10.3. The third-order valence-electron chi connectivity index (χ3n) is 2.84. The molecule has 1 heterocycles. The summed E-state index contributed by atoms with van der Waals surface area (Å²) in [6.07, 6.45) is 2.98. The van der Waals surface area contributed by atoms with E-state index in [2.05, 4.69) is 0 Å². The molecule has 1 N–H and O–H groups in total. The van der Waals surface area contributed by atoms with Gasteiger partial charge in [0.05, 0.1) is 6.10 Å². The summed E-state index contributed by atoms with van der Waals surface area (Å²) in [5.41, 5.74) is 0.758. The molecule has 0 spiro atoms. The van der Waals surface area contributed by atoms with Gasteiger partial charge in [0.1, 0.15) is 0 Å². The predicted molar refractivity (Wildman–Crippen MR) is 71.5 cm³/mol. The van der Waals surface area contributed by atoms with Gasteiger partial charge in [0, 0.05) is 20.9 Å². The van der Waals surface area contributed by atoms with Crippen molar-refractivity contribution in [2.75, 3.05) is 5.75 Å². The van der Waals surface area contributed by atoms with E-state index in [-0.39, 0.29) is 5.25 Å². The average Bonchev–Trinajstić information content (AvgIpc) is 2.32. The van der Waals surface area contributed by atoms with Crippen molar-refractivity contribution in [2.24, 2.45) is 0 Å². The first-order valence-electron chi connectivity index (χ1n) is 5.43. The van der Waals surface area contributed by atoms with E-state index < -0.39 is 6.10 Å². The van der Waals surface area contributed by atoms with Crippen molar-refractivity contribution >= 4 is 35.0 Å². The quantitative estimate of drug-likeness (QED) is 0.869. The molecule has 0 radical (unpaired) electrons. The lowest BCUT2D eigenvalue weighted by Crippen LogP contribution is -2.19. The average molecular weight is 277 g/mol. The lowest BCUT2D eigenvalue weighted by atomic mass is 10.0. The molecular formula is C12H14Cl2OS. The molecule has 0 aromatic heterocycles. The first-order valence-corrected chi connectivity index (χ1v) is 7.23. The van der Waals surface area contributed by atoms with Crippen LogP contribution in [0.15, 0.2) is 18.2 Å². The van der Waals surface area contributed by atoms with Gasteiger partial charge < -0.3 is 5.11 Å². The highest BCUT2D eigenvalue weighted by Crippen LogP contribution is 2.37. The minimum absolute atomic E-state index is 0.254. The third-order valence-corrected chi connectivity index (χ3v) is 4.87. The number of aliphatic hydroxyl groups is 1. The van der Waals surface area contributed by atoms with E-state index in [1.165, 1.54) is 12.8 Å². The van der Waals surface area contributed by atoms with Gasteiger partial charge in [-0.15, -0.1) is 0 Å². The molecule has 1 saturated heterocycles. The maximum Gasteiger partial charge on any atom is 0.0923 e. The first-order chi connectivity index (χ1) is 7.68. The monoisotopic (exact) mass is 276 g/mol. The minimum Gasteiger partial charge on any atom is -0.387 e. The highest BCUT2D eigenvalue weighted by molar-refractivity contribution is 7.99. The van der Waals surface area contributed by atoms with Gasteiger partial charge in [-0.25, -0.2) is 0 Å². The van der Waals surface area contributed by atoms with Crippen LogP contribution in [-0.4, -0.2) is 16.1 Å². The van der Waals surface area contributed by atoms with Crippen LogP contribution in [0, 0.1) is 0 Å². The molecule has 2 rings (SSSR count). The Morgan fingerprint density at radius 1 is 1.31 bits per heavy atom. The van der Waals surface area contributed by atoms with E-state index in [4.69, 9.17) is 23.2 Å². The van der Waals surface area contributed by atoms with Crippen LogP contribution in [0.4, 0.5) is 0 Å². The Morgan fingerprint density at radius 2 is 2.12 bits per heavy atom. The molecule has 88 valence electrons. The number of hydrogen-bond donors (Lipinski definition) is 1. The number of halogens is 2. The second-order valence-corrected chi connectivity index (χ2v) is 6.21. The molecule has 1 aromatic rings. The summed E-state index contributed by atoms with van der Waals surface area (Å²) < 4.78 is 0. The van der Waals surface area contributed by atoms with E-state index in [0.717, 1.165) is 17.7 Å². The molecule has 1 aromatic carbocycles. The molecule has 1 fully saturated rings. The number of benzene rings is 1. The summed E-state index contributed by atoms with van der Waals surface area (Å²) in [7, 11) is 0. The summed E-state index contributed by atoms with van der Waals surface area (Å²) in [6.45, 7) is 0. The van der Waals surface area contributed by atoms with E-state index in [1.807, 2.05) is 11.8 Å². The Balaban J connectivity index is 2.18. The van der Waals surface area contributed by atoms with Gasteiger partial charge in [-0.3, -0.25) is 0 Å². The van der Waals surface area contributed by atoms with Crippen molar-refractivity contribution < 1.29 is 5.11 Å². The fourth-order valence-electron chi connectivity index (χ4n) is 1.96. The molecule has 2 unspecified atom stereocenters. The van der Waals surface area contributed by atoms with E-state index in [9.17, 15) is 5.11 Å². The van der Waals surface area contributed by atoms with Gasteiger partial charge in [0.2, 0.25) is 0 Å². The van der Waals surface area contributed by atoms with Gasteiger partial charge in [0.25, 0.3) is 0 Å². The van der Waals surface area contributed by atoms with Gasteiger partial charge in [-0.2, -0.15) is 11.8 Å². The van der Waals surface area contributed by atoms with Crippen LogP contribution >= 0.6 is 35.0 Å². The van der Waals surface area contributed by atoms with E-state index in [1.54, 1.807) is 18.2 Å². The van der Waals surface area contributed by atoms with Crippen molar-refractivity contribution in [1.82, 2.24) is 0 Å². The highest BCUT2D eigenvalue weighted by atomic mass is 35.5. The van der Waals surface area contributed by atoms with E-state index in [0.29, 0.717) is 10.0 Å². The zero-order valence-corrected chi connectivity index (χ0v) is 11.2. The standard InChI is InChI=1S/C12H14Cl2OS/c13-8-4-5-10(14)9(7-8)12(15)11-3-1-2-6-16-11/h4-5,7,11-12,15H,1-3,6H2. The molecule has 2 atom stereocenters. The van der Waals surface area contributed by atoms with Gasteiger partial charge >= 0.3 is 0 Å². The molecular weight excluding hydrogens is 263 g/mol. The van der Waals surface area contributed by atoms with Crippen LogP contribution in [0.25, 0.3) is 0 Å². The van der Waals surface area contributed by atoms with Crippen molar-refractivity contribution in [3.8, 4) is 0 Å². The van der Waals surface area contributed by atoms with Crippen LogP contribution in [0.3, 0.4) is 0 Å². The number of aliphatic hydroxyl groups excluding tert-OH is 1. The summed E-state index contributed by atoms with van der Waals surface area (Å²) in [5, 5.41) is 11.8. The van der Waals surface area contributed by atoms with Crippen LogP contribution in [0.2, 0.25) is 10.0 Å². The van der Waals surface area contributed by atoms with Crippen LogP contribution in [0.1, 0.15) is 30.9 Å². The Bertz CT molecular complexity index is 364. The Labute approximate surface area is 110 Å². The number of rotatable bonds is 2. The number of hydrogen-bond acceptors (Lipinski definition) is 2. The molecule has 0 amide bonds. The normalized spacial score (nSPS) is 23.1. The smallest absolute Gasteiger partial charge is 0.0923 e. The van der Waals surface area contributed by atoms with E-state index >= 15 is 0 Å². The molecule has 0 saturated carbocycles. The Kier molecular flexibility index (Phi) is 4.42. The third kappa shape index (κ3) is 2.86. The van der Waals surface area contributed by atoms with Crippen LogP contribution < -0.4 is 0 Å². The summed E-state index contributed by atoms with van der Waals surface area (Å²) in [4.78, 5) is 0. The van der Waals surface area contributed by atoms with Gasteiger partial charge in [-0.05, 0) is 36.8 Å². The molecule has 1 nitrogen and oxygen atoms in total. The zero-order chi connectivity index (χ0) is 11.5. The maximum absolute atomic E-state index is 10.3. The molecule has 1 aliphatic rings. The molecule has 0 bridgehead atoms. The van der Waals surface area contributed by atoms with Crippen LogP contribution in [0.5, 0.6) is 0 Å². The van der Waals surface area contributed by atoms with Crippen molar-refractivity contribution in [1.29, 1.82) is 0 Å². The molecule has 4 heteroatoms. The second kappa shape index (κ2) is 5.63. The lowest BCUT2D eigenvalue weighted by Gasteiger charge is -2.27. The minimum atomic E-state index is -0.503. The van der Waals surface area contributed by atoms with Crippen molar-refractivity contribution in [3.63, 3.8) is 0 Å². The zero-order valence-electron chi connectivity index (χ0n) is 8.83. The van der Waals surface area contributed by atoms with Gasteiger partial charge in [0.15, 0.2) is 0 Å². The number of thioether (sulfide) groups is 1.